The number of halogens is 2. The van der Waals surface area contributed by atoms with Crippen molar-refractivity contribution in [1.82, 2.24) is 0 Å². The van der Waals surface area contributed by atoms with Crippen LogP contribution < -0.4 is 0 Å². The molecule has 2 aromatic rings. The van der Waals surface area contributed by atoms with Gasteiger partial charge in [-0.1, -0.05) is 53.3 Å². The van der Waals surface area contributed by atoms with Crippen molar-refractivity contribution in [1.29, 1.82) is 0 Å². The quantitative estimate of drug-likeness (QED) is 0.269. The zero-order chi connectivity index (χ0) is 21.7. The Morgan fingerprint density at radius 3 is 1.34 bits per heavy atom. The molecule has 0 N–H and O–H groups in total. The molecule has 0 bridgehead atoms. The van der Waals surface area contributed by atoms with Crippen LogP contribution in [0.2, 0.25) is 0 Å². The number of hydrogen-bond acceptors (Lipinski definition) is 3. The van der Waals surface area contributed by atoms with Gasteiger partial charge in [0.1, 0.15) is 0 Å². The Labute approximate surface area is 200 Å². The van der Waals surface area contributed by atoms with Gasteiger partial charge in [0.15, 0.2) is 0 Å². The molecule has 2 rings (SSSR count). The van der Waals surface area contributed by atoms with Crippen LogP contribution in [-0.4, -0.2) is 23.3 Å². The second-order valence-electron chi connectivity index (χ2n) is 8.99. The summed E-state index contributed by atoms with van der Waals surface area (Å²) in [5.41, 5.74) is 2.99. The van der Waals surface area contributed by atoms with Gasteiger partial charge in [-0.3, -0.25) is 0 Å². The summed E-state index contributed by atoms with van der Waals surface area (Å²) in [4.78, 5) is 5.24. The van der Waals surface area contributed by atoms with E-state index in [1.165, 1.54) is 30.7 Å². The van der Waals surface area contributed by atoms with Crippen molar-refractivity contribution in [3.8, 4) is 0 Å². The number of alkyl halides is 2. The van der Waals surface area contributed by atoms with Gasteiger partial charge in [0, 0.05) is 42.8 Å². The highest BCUT2D eigenvalue weighted by Gasteiger charge is 2.21. The highest BCUT2D eigenvalue weighted by atomic mass is 35.5. The third kappa shape index (κ3) is 7.61. The normalized spacial score (nSPS) is 12.4. The van der Waals surface area contributed by atoms with Crippen LogP contribution in [0.1, 0.15) is 52.7 Å². The number of thioether (sulfide) groups is 2. The monoisotopic (exact) mass is 486 g/mol. The third-order valence-electron chi connectivity index (χ3n) is 4.42. The summed E-state index contributed by atoms with van der Waals surface area (Å²) in [5, 5.41) is 0. The molecule has 0 atom stereocenters. The first-order chi connectivity index (χ1) is 13.6. The van der Waals surface area contributed by atoms with E-state index < -0.39 is 0 Å². The molecule has 0 unspecified atom stereocenters. The van der Waals surface area contributed by atoms with Crippen molar-refractivity contribution >= 4 is 58.5 Å². The Hall–Kier alpha value is 0.0700. The molecule has 0 fully saturated rings. The molecule has 0 saturated heterocycles. The van der Waals surface area contributed by atoms with Gasteiger partial charge in [-0.05, 0) is 58.4 Å². The van der Waals surface area contributed by atoms with Crippen LogP contribution >= 0.6 is 58.5 Å². The van der Waals surface area contributed by atoms with Gasteiger partial charge in [-0.15, -0.1) is 46.7 Å². The summed E-state index contributed by atoms with van der Waals surface area (Å²) in [5.74, 6) is 3.23. The molecule has 0 nitrogen and oxygen atoms in total. The largest absolute Gasteiger partial charge is 0.126 e. The smallest absolute Gasteiger partial charge is 0.0317 e. The number of hydrogen-bond donors (Lipinski definition) is 0. The minimum Gasteiger partial charge on any atom is -0.126 e. The van der Waals surface area contributed by atoms with E-state index in [4.69, 9.17) is 23.2 Å². The Bertz CT molecular complexity index is 737. The van der Waals surface area contributed by atoms with Gasteiger partial charge < -0.3 is 0 Å². The van der Waals surface area contributed by atoms with Crippen LogP contribution in [0.15, 0.2) is 56.0 Å². The average Bonchev–Trinajstić information content (AvgIpc) is 2.64. The van der Waals surface area contributed by atoms with E-state index in [1.807, 2.05) is 35.3 Å². The average molecular weight is 488 g/mol. The van der Waals surface area contributed by atoms with Gasteiger partial charge in [0.2, 0.25) is 0 Å². The molecule has 0 radical (unpaired) electrons. The molecular formula is C24H32Cl2S3. The molecule has 0 aliphatic rings. The van der Waals surface area contributed by atoms with Crippen molar-refractivity contribution in [3.63, 3.8) is 0 Å². The zero-order valence-electron chi connectivity index (χ0n) is 18.3. The molecule has 160 valence electrons. The maximum atomic E-state index is 5.92. The Morgan fingerprint density at radius 1 is 0.655 bits per heavy atom. The van der Waals surface area contributed by atoms with Gasteiger partial charge in [-0.2, -0.15) is 0 Å². The van der Waals surface area contributed by atoms with Crippen molar-refractivity contribution in [3.05, 3.63) is 47.5 Å². The first-order valence-corrected chi connectivity index (χ1v) is 13.8. The van der Waals surface area contributed by atoms with Crippen LogP contribution in [0.4, 0.5) is 0 Å². The lowest BCUT2D eigenvalue weighted by Gasteiger charge is -2.24. The molecule has 0 aliphatic carbocycles. The van der Waals surface area contributed by atoms with Crippen molar-refractivity contribution in [2.75, 3.05) is 23.3 Å². The van der Waals surface area contributed by atoms with Gasteiger partial charge >= 0.3 is 0 Å². The van der Waals surface area contributed by atoms with Crippen molar-refractivity contribution < 1.29 is 0 Å². The van der Waals surface area contributed by atoms with Gasteiger partial charge in [0.05, 0.1) is 0 Å². The molecule has 29 heavy (non-hydrogen) atoms. The van der Waals surface area contributed by atoms with E-state index in [-0.39, 0.29) is 10.8 Å². The summed E-state index contributed by atoms with van der Waals surface area (Å²) < 4.78 is 0. The van der Waals surface area contributed by atoms with E-state index in [9.17, 15) is 0 Å². The molecule has 0 aliphatic heterocycles. The van der Waals surface area contributed by atoms with Gasteiger partial charge in [-0.25, -0.2) is 0 Å². The predicted molar refractivity (Wildman–Crippen MR) is 137 cm³/mol. The molecule has 0 aromatic heterocycles. The Balaban J connectivity index is 2.35. The van der Waals surface area contributed by atoms with Crippen molar-refractivity contribution in [2.24, 2.45) is 0 Å². The minimum atomic E-state index is 0.101. The van der Waals surface area contributed by atoms with E-state index in [0.29, 0.717) is 11.8 Å². The van der Waals surface area contributed by atoms with E-state index in [1.54, 1.807) is 0 Å². The lowest BCUT2D eigenvalue weighted by molar-refractivity contribution is 0.576. The standard InChI is InChI=1S/C24H32Cl2S3/c1-23(2,3)19-15-17(7-9-21(19)27-13-11-25)29-18-8-10-22(28-14-12-26)20(16-18)24(4,5)6/h7-10,15-16H,11-14H2,1-6H3. The predicted octanol–water partition coefficient (Wildman–Crippen LogP) is 9.09. The first-order valence-electron chi connectivity index (χ1n) is 9.90. The van der Waals surface area contributed by atoms with Gasteiger partial charge in [0.25, 0.3) is 0 Å². The van der Waals surface area contributed by atoms with Crippen LogP contribution in [0.5, 0.6) is 0 Å². The van der Waals surface area contributed by atoms with Crippen LogP contribution in [0.25, 0.3) is 0 Å². The number of benzene rings is 2. The molecular weight excluding hydrogens is 455 g/mol. The van der Waals surface area contributed by atoms with Crippen LogP contribution in [0.3, 0.4) is 0 Å². The Kier molecular flexibility index (Phi) is 9.69. The lowest BCUT2D eigenvalue weighted by Crippen LogP contribution is -2.13. The summed E-state index contributed by atoms with van der Waals surface area (Å²) >= 11 is 17.4. The highest BCUT2D eigenvalue weighted by Crippen LogP contribution is 2.40. The molecule has 5 heteroatoms. The maximum absolute atomic E-state index is 5.92. The maximum Gasteiger partial charge on any atom is 0.0317 e. The molecule has 0 heterocycles. The molecule has 0 saturated carbocycles. The second kappa shape index (κ2) is 11.1. The fraction of sp³-hybridized carbons (Fsp3) is 0.500. The Morgan fingerprint density at radius 2 is 1.03 bits per heavy atom. The topological polar surface area (TPSA) is 0 Å². The fourth-order valence-corrected chi connectivity index (χ4v) is 6.33. The first kappa shape index (κ1) is 25.3. The summed E-state index contributed by atoms with van der Waals surface area (Å²) in [6.45, 7) is 13.7. The minimum absolute atomic E-state index is 0.101. The summed E-state index contributed by atoms with van der Waals surface area (Å²) in [6.07, 6.45) is 0. The molecule has 0 amide bonds. The van der Waals surface area contributed by atoms with Crippen LogP contribution in [0, 0.1) is 0 Å². The zero-order valence-corrected chi connectivity index (χ0v) is 22.2. The van der Waals surface area contributed by atoms with Crippen LogP contribution in [-0.2, 0) is 10.8 Å². The molecule has 0 spiro atoms. The highest BCUT2D eigenvalue weighted by molar-refractivity contribution is 8.00. The lowest BCUT2D eigenvalue weighted by atomic mass is 9.87. The SMILES string of the molecule is CC(C)(C)c1cc(Sc2ccc(SCCCl)c(C(C)(C)C)c2)ccc1SCCCl. The summed E-state index contributed by atoms with van der Waals surface area (Å²) in [6, 6.07) is 13.7. The summed E-state index contributed by atoms with van der Waals surface area (Å²) in [7, 11) is 0. The van der Waals surface area contributed by atoms with E-state index in [2.05, 4.69) is 77.9 Å². The third-order valence-corrected chi connectivity index (χ3v) is 8.38. The molecule has 2 aromatic carbocycles. The second-order valence-corrected chi connectivity index (χ2v) is 13.2. The van der Waals surface area contributed by atoms with E-state index in [0.717, 1.165) is 11.5 Å². The van der Waals surface area contributed by atoms with Crippen molar-refractivity contribution in [2.45, 2.75) is 72.0 Å². The van der Waals surface area contributed by atoms with E-state index >= 15 is 0 Å². The number of rotatable bonds is 8. The fourth-order valence-electron chi connectivity index (χ4n) is 3.00.